The van der Waals surface area contributed by atoms with Crippen molar-refractivity contribution in [3.05, 3.63) is 52.4 Å². The fourth-order valence-electron chi connectivity index (χ4n) is 4.60. The lowest BCUT2D eigenvalue weighted by Gasteiger charge is -2.30. The quantitative estimate of drug-likeness (QED) is 0.490. The molecule has 4 heterocycles. The topological polar surface area (TPSA) is 125 Å². The van der Waals surface area contributed by atoms with Crippen molar-refractivity contribution in [2.24, 2.45) is 0 Å². The van der Waals surface area contributed by atoms with Crippen molar-refractivity contribution in [2.45, 2.75) is 37.9 Å². The summed E-state index contributed by atoms with van der Waals surface area (Å²) in [7, 11) is 0. The van der Waals surface area contributed by atoms with Crippen molar-refractivity contribution in [1.29, 1.82) is 0 Å². The van der Waals surface area contributed by atoms with Gasteiger partial charge in [-0.05, 0) is 54.7 Å². The van der Waals surface area contributed by atoms with Gasteiger partial charge < -0.3 is 10.2 Å². The molecule has 10 nitrogen and oxygen atoms in total. The summed E-state index contributed by atoms with van der Waals surface area (Å²) in [6.45, 7) is 2.12. The molecule has 1 aromatic heterocycles. The molecule has 3 aliphatic heterocycles. The van der Waals surface area contributed by atoms with Crippen LogP contribution in [0.15, 0.2) is 30.5 Å². The standard InChI is InChI=1S/C22H21ClN6O4/c23-22-25-8-6-17(26-22)28(13-5-7-24-10-13)11-12-1-2-14-15(9-12)21(33)29(20(14)32)16-3-4-18(30)27-19(16)31/h1-2,6,8-9,13,16,24H,3-5,7,10-11H2,(H,27,30,31). The molecule has 11 heteroatoms. The minimum absolute atomic E-state index is 0.0843. The highest BCUT2D eigenvalue weighted by Gasteiger charge is 2.44. The molecule has 2 unspecified atom stereocenters. The number of fused-ring (bicyclic) bond motifs is 1. The Bertz CT molecular complexity index is 1170. The maximum Gasteiger partial charge on any atom is 0.262 e. The third-order valence-corrected chi connectivity index (χ3v) is 6.42. The zero-order chi connectivity index (χ0) is 23.1. The Morgan fingerprint density at radius 3 is 2.64 bits per heavy atom. The van der Waals surface area contributed by atoms with Crippen molar-refractivity contribution in [1.82, 2.24) is 25.5 Å². The van der Waals surface area contributed by atoms with Gasteiger partial charge in [-0.15, -0.1) is 0 Å². The van der Waals surface area contributed by atoms with Crippen LogP contribution in [0.1, 0.15) is 45.5 Å². The molecule has 0 spiro atoms. The van der Waals surface area contributed by atoms with E-state index in [1.807, 2.05) is 0 Å². The molecular formula is C22H21ClN6O4. The van der Waals surface area contributed by atoms with Gasteiger partial charge in [0.15, 0.2) is 0 Å². The van der Waals surface area contributed by atoms with Crippen molar-refractivity contribution in [3.8, 4) is 0 Å². The molecule has 2 saturated heterocycles. The van der Waals surface area contributed by atoms with Crippen LogP contribution < -0.4 is 15.5 Å². The number of halogens is 1. The Hall–Kier alpha value is -3.37. The highest BCUT2D eigenvalue weighted by Crippen LogP contribution is 2.30. The monoisotopic (exact) mass is 468 g/mol. The van der Waals surface area contributed by atoms with E-state index in [0.717, 1.165) is 30.0 Å². The Morgan fingerprint density at radius 2 is 1.91 bits per heavy atom. The summed E-state index contributed by atoms with van der Waals surface area (Å²) in [4.78, 5) is 61.2. The van der Waals surface area contributed by atoms with Crippen LogP contribution in [0.4, 0.5) is 5.82 Å². The SMILES string of the molecule is O=C1CCC(N2C(=O)c3ccc(CN(c4ccnc(Cl)n4)C4CCNC4)cc3C2=O)C(=O)N1. The van der Waals surface area contributed by atoms with E-state index in [-0.39, 0.29) is 35.3 Å². The average molecular weight is 469 g/mol. The molecule has 2 aromatic rings. The van der Waals surface area contributed by atoms with Crippen LogP contribution in [-0.4, -0.2) is 63.7 Å². The van der Waals surface area contributed by atoms with Crippen LogP contribution in [0.25, 0.3) is 0 Å². The molecular weight excluding hydrogens is 448 g/mol. The third kappa shape index (κ3) is 3.96. The number of hydrogen-bond acceptors (Lipinski definition) is 8. The summed E-state index contributed by atoms with van der Waals surface area (Å²) in [6.07, 6.45) is 2.73. The molecule has 0 bridgehead atoms. The third-order valence-electron chi connectivity index (χ3n) is 6.24. The number of nitrogens with zero attached hydrogens (tertiary/aromatic N) is 4. The van der Waals surface area contributed by atoms with Gasteiger partial charge in [-0.2, -0.15) is 0 Å². The number of aromatic nitrogens is 2. The first kappa shape index (κ1) is 21.5. The van der Waals surface area contributed by atoms with Crippen LogP contribution in [0.3, 0.4) is 0 Å². The molecule has 33 heavy (non-hydrogen) atoms. The number of hydrogen-bond donors (Lipinski definition) is 2. The molecule has 0 aliphatic carbocycles. The Morgan fingerprint density at radius 1 is 1.09 bits per heavy atom. The molecule has 1 aromatic carbocycles. The number of benzene rings is 1. The molecule has 170 valence electrons. The molecule has 0 saturated carbocycles. The van der Waals surface area contributed by atoms with Gasteiger partial charge in [-0.1, -0.05) is 6.07 Å². The largest absolute Gasteiger partial charge is 0.348 e. The summed E-state index contributed by atoms with van der Waals surface area (Å²) in [5.74, 6) is -1.39. The van der Waals surface area contributed by atoms with Crippen molar-refractivity contribution < 1.29 is 19.2 Å². The fourth-order valence-corrected chi connectivity index (χ4v) is 4.74. The zero-order valence-corrected chi connectivity index (χ0v) is 18.3. The van der Waals surface area contributed by atoms with Crippen molar-refractivity contribution >= 4 is 41.0 Å². The molecule has 5 rings (SSSR count). The van der Waals surface area contributed by atoms with Crippen LogP contribution in [-0.2, 0) is 16.1 Å². The van der Waals surface area contributed by atoms with Crippen LogP contribution in [0, 0.1) is 0 Å². The molecule has 2 atom stereocenters. The number of carbonyl (C=O) groups excluding carboxylic acids is 4. The Balaban J connectivity index is 1.42. The number of amides is 4. The Labute approximate surface area is 194 Å². The van der Waals surface area contributed by atoms with E-state index in [4.69, 9.17) is 11.6 Å². The van der Waals surface area contributed by atoms with Crippen molar-refractivity contribution in [3.63, 3.8) is 0 Å². The minimum Gasteiger partial charge on any atom is -0.348 e. The summed E-state index contributed by atoms with van der Waals surface area (Å²) in [5.41, 5.74) is 1.33. The van der Waals surface area contributed by atoms with Crippen molar-refractivity contribution in [2.75, 3.05) is 18.0 Å². The summed E-state index contributed by atoms with van der Waals surface area (Å²) in [5, 5.41) is 5.70. The highest BCUT2D eigenvalue weighted by atomic mass is 35.5. The van der Waals surface area contributed by atoms with E-state index in [0.29, 0.717) is 12.4 Å². The smallest absolute Gasteiger partial charge is 0.262 e. The van der Waals surface area contributed by atoms with Gasteiger partial charge in [-0.3, -0.25) is 29.4 Å². The van der Waals surface area contributed by atoms with Gasteiger partial charge in [0.25, 0.3) is 11.8 Å². The average Bonchev–Trinajstić information content (AvgIpc) is 3.40. The lowest BCUT2D eigenvalue weighted by Crippen LogP contribution is -2.54. The van der Waals surface area contributed by atoms with E-state index in [9.17, 15) is 19.2 Å². The van der Waals surface area contributed by atoms with Crippen LogP contribution >= 0.6 is 11.6 Å². The molecule has 0 radical (unpaired) electrons. The molecule has 3 aliphatic rings. The summed E-state index contributed by atoms with van der Waals surface area (Å²) in [6, 6.07) is 6.10. The van der Waals surface area contributed by atoms with Gasteiger partial charge >= 0.3 is 0 Å². The second-order valence-corrected chi connectivity index (χ2v) is 8.62. The summed E-state index contributed by atoms with van der Waals surface area (Å²) >= 11 is 6.02. The number of anilines is 1. The van der Waals surface area contributed by atoms with E-state index in [1.54, 1.807) is 30.5 Å². The lowest BCUT2D eigenvalue weighted by molar-refractivity contribution is -0.136. The van der Waals surface area contributed by atoms with Gasteiger partial charge in [0.1, 0.15) is 11.9 Å². The second-order valence-electron chi connectivity index (χ2n) is 8.29. The Kier molecular flexibility index (Phi) is 5.55. The lowest BCUT2D eigenvalue weighted by atomic mass is 10.0. The second kappa shape index (κ2) is 8.53. The van der Waals surface area contributed by atoms with Crippen LogP contribution in [0.2, 0.25) is 5.28 Å². The number of nitrogens with one attached hydrogen (secondary N) is 2. The van der Waals surface area contributed by atoms with Gasteiger partial charge in [0.2, 0.25) is 17.1 Å². The molecule has 2 N–H and O–H groups in total. The number of rotatable bonds is 5. The molecule has 2 fully saturated rings. The van der Waals surface area contributed by atoms with E-state index in [2.05, 4.69) is 25.5 Å². The van der Waals surface area contributed by atoms with Crippen LogP contribution in [0.5, 0.6) is 0 Å². The van der Waals surface area contributed by atoms with Gasteiger partial charge in [0.05, 0.1) is 11.1 Å². The number of piperidine rings is 1. The highest BCUT2D eigenvalue weighted by molar-refractivity contribution is 6.28. The number of carbonyl (C=O) groups is 4. The van der Waals surface area contributed by atoms with E-state index >= 15 is 0 Å². The first-order valence-electron chi connectivity index (χ1n) is 10.7. The van der Waals surface area contributed by atoms with E-state index in [1.165, 1.54) is 0 Å². The first-order valence-corrected chi connectivity index (χ1v) is 11.1. The maximum atomic E-state index is 13.1. The normalized spacial score (nSPS) is 22.5. The summed E-state index contributed by atoms with van der Waals surface area (Å²) < 4.78 is 0. The fraction of sp³-hybridized carbons (Fsp3) is 0.364. The first-order chi connectivity index (χ1) is 15.9. The minimum atomic E-state index is -0.984. The van der Waals surface area contributed by atoms with Gasteiger partial charge in [0, 0.05) is 31.7 Å². The van der Waals surface area contributed by atoms with Gasteiger partial charge in [-0.25, -0.2) is 9.97 Å². The predicted octanol–water partition coefficient (Wildman–Crippen LogP) is 0.900. The predicted molar refractivity (Wildman–Crippen MR) is 118 cm³/mol. The number of imide groups is 2. The van der Waals surface area contributed by atoms with E-state index < -0.39 is 29.7 Å². The zero-order valence-electron chi connectivity index (χ0n) is 17.6. The molecule has 4 amide bonds. The maximum absolute atomic E-state index is 13.1.